The number of benzene rings is 1. The topological polar surface area (TPSA) is 82.0 Å². The van der Waals surface area contributed by atoms with E-state index in [1.165, 1.54) is 0 Å². The van der Waals surface area contributed by atoms with Crippen LogP contribution in [0.1, 0.15) is 18.4 Å². The fourth-order valence-electron chi connectivity index (χ4n) is 1.70. The summed E-state index contributed by atoms with van der Waals surface area (Å²) in [6.45, 7) is 0. The SMILES string of the molecule is N#CCCC(=O)Nc1ccc2c(c1)CC(=O)N2. The zero-order chi connectivity index (χ0) is 12.3. The maximum atomic E-state index is 11.4. The molecule has 0 fully saturated rings. The third-order valence-electron chi connectivity index (χ3n) is 2.48. The molecule has 0 atom stereocenters. The van der Waals surface area contributed by atoms with Gasteiger partial charge >= 0.3 is 0 Å². The Morgan fingerprint density at radius 3 is 3.12 bits per heavy atom. The third kappa shape index (κ3) is 2.61. The minimum atomic E-state index is -0.191. The molecule has 0 spiro atoms. The Morgan fingerprint density at radius 2 is 2.35 bits per heavy atom. The summed E-state index contributed by atoms with van der Waals surface area (Å²) in [6, 6.07) is 7.19. The van der Waals surface area contributed by atoms with Crippen LogP contribution >= 0.6 is 0 Å². The summed E-state index contributed by atoms with van der Waals surface area (Å²) in [5.41, 5.74) is 2.33. The fourth-order valence-corrected chi connectivity index (χ4v) is 1.70. The maximum Gasteiger partial charge on any atom is 0.228 e. The van der Waals surface area contributed by atoms with Gasteiger partial charge in [-0.1, -0.05) is 0 Å². The molecule has 0 aromatic heterocycles. The zero-order valence-corrected chi connectivity index (χ0v) is 9.12. The molecular weight excluding hydrogens is 218 g/mol. The highest BCUT2D eigenvalue weighted by Gasteiger charge is 2.17. The Bertz CT molecular complexity index is 517. The predicted molar refractivity (Wildman–Crippen MR) is 62.3 cm³/mol. The van der Waals surface area contributed by atoms with Gasteiger partial charge in [0.2, 0.25) is 11.8 Å². The van der Waals surface area contributed by atoms with E-state index in [4.69, 9.17) is 5.26 Å². The van der Waals surface area contributed by atoms with Crippen LogP contribution in [0, 0.1) is 11.3 Å². The number of nitrogens with zero attached hydrogens (tertiary/aromatic N) is 1. The van der Waals surface area contributed by atoms with Gasteiger partial charge in [-0.3, -0.25) is 9.59 Å². The van der Waals surface area contributed by atoms with Gasteiger partial charge in [-0.15, -0.1) is 0 Å². The first kappa shape index (κ1) is 11.1. The highest BCUT2D eigenvalue weighted by Crippen LogP contribution is 2.25. The fraction of sp³-hybridized carbons (Fsp3) is 0.250. The first-order valence-electron chi connectivity index (χ1n) is 5.28. The van der Waals surface area contributed by atoms with Crippen LogP contribution < -0.4 is 10.6 Å². The van der Waals surface area contributed by atoms with Gasteiger partial charge in [0.15, 0.2) is 0 Å². The number of anilines is 2. The van der Waals surface area contributed by atoms with Crippen molar-refractivity contribution in [3.05, 3.63) is 23.8 Å². The molecule has 1 aromatic carbocycles. The van der Waals surface area contributed by atoms with Crippen LogP contribution in [0.5, 0.6) is 0 Å². The lowest BCUT2D eigenvalue weighted by Crippen LogP contribution is -2.10. The largest absolute Gasteiger partial charge is 0.326 e. The molecule has 17 heavy (non-hydrogen) atoms. The van der Waals surface area contributed by atoms with Crippen LogP contribution in [0.25, 0.3) is 0 Å². The molecule has 5 nitrogen and oxygen atoms in total. The summed E-state index contributed by atoms with van der Waals surface area (Å²) in [6.07, 6.45) is 0.735. The molecule has 2 rings (SSSR count). The zero-order valence-electron chi connectivity index (χ0n) is 9.12. The summed E-state index contributed by atoms with van der Waals surface area (Å²) >= 11 is 0. The van der Waals surface area contributed by atoms with Crippen LogP contribution in [0.3, 0.4) is 0 Å². The number of hydrogen-bond acceptors (Lipinski definition) is 3. The molecule has 5 heteroatoms. The monoisotopic (exact) mass is 229 g/mol. The van der Waals surface area contributed by atoms with E-state index in [0.29, 0.717) is 12.1 Å². The summed E-state index contributed by atoms with van der Waals surface area (Å²) < 4.78 is 0. The van der Waals surface area contributed by atoms with Gasteiger partial charge < -0.3 is 10.6 Å². The number of amides is 2. The Labute approximate surface area is 98.4 Å². The Hall–Kier alpha value is -2.35. The first-order chi connectivity index (χ1) is 8.19. The smallest absolute Gasteiger partial charge is 0.228 e. The lowest BCUT2D eigenvalue weighted by atomic mass is 10.1. The van der Waals surface area contributed by atoms with Crippen molar-refractivity contribution in [2.45, 2.75) is 19.3 Å². The molecule has 1 aromatic rings. The molecule has 86 valence electrons. The molecule has 1 aliphatic rings. The van der Waals surface area contributed by atoms with Crippen molar-refractivity contribution in [1.82, 2.24) is 0 Å². The number of rotatable bonds is 3. The van der Waals surface area contributed by atoms with E-state index >= 15 is 0 Å². The van der Waals surface area contributed by atoms with Crippen molar-refractivity contribution in [3.8, 4) is 6.07 Å². The highest BCUT2D eigenvalue weighted by molar-refractivity contribution is 6.00. The van der Waals surface area contributed by atoms with E-state index in [1.54, 1.807) is 18.2 Å². The molecule has 0 radical (unpaired) electrons. The second-order valence-corrected chi connectivity index (χ2v) is 3.80. The minimum Gasteiger partial charge on any atom is -0.326 e. The molecule has 0 saturated heterocycles. The van der Waals surface area contributed by atoms with E-state index in [9.17, 15) is 9.59 Å². The van der Waals surface area contributed by atoms with Gasteiger partial charge in [0, 0.05) is 24.2 Å². The van der Waals surface area contributed by atoms with Crippen molar-refractivity contribution in [1.29, 1.82) is 5.26 Å². The number of carbonyl (C=O) groups excluding carboxylic acids is 2. The summed E-state index contributed by atoms with van der Waals surface area (Å²) in [4.78, 5) is 22.5. The van der Waals surface area contributed by atoms with Crippen molar-refractivity contribution in [3.63, 3.8) is 0 Å². The number of carbonyl (C=O) groups is 2. The molecule has 0 aliphatic carbocycles. The van der Waals surface area contributed by atoms with Gasteiger partial charge in [-0.05, 0) is 23.8 Å². The number of fused-ring (bicyclic) bond motifs is 1. The highest BCUT2D eigenvalue weighted by atomic mass is 16.2. The molecule has 2 amide bonds. The number of nitriles is 1. The van der Waals surface area contributed by atoms with Gasteiger partial charge in [0.25, 0.3) is 0 Å². The molecule has 2 N–H and O–H groups in total. The Balaban J connectivity index is 2.04. The van der Waals surface area contributed by atoms with E-state index in [1.807, 2.05) is 6.07 Å². The van der Waals surface area contributed by atoms with Gasteiger partial charge in [0.1, 0.15) is 0 Å². The van der Waals surface area contributed by atoms with Crippen LogP contribution in [0.15, 0.2) is 18.2 Å². The average molecular weight is 229 g/mol. The van der Waals surface area contributed by atoms with Crippen molar-refractivity contribution in [2.24, 2.45) is 0 Å². The average Bonchev–Trinajstić information content (AvgIpc) is 2.65. The minimum absolute atomic E-state index is 0.0343. The third-order valence-corrected chi connectivity index (χ3v) is 2.48. The quantitative estimate of drug-likeness (QED) is 0.822. The Morgan fingerprint density at radius 1 is 1.53 bits per heavy atom. The molecule has 0 saturated carbocycles. The second-order valence-electron chi connectivity index (χ2n) is 3.80. The van der Waals surface area contributed by atoms with Gasteiger partial charge in [0.05, 0.1) is 12.5 Å². The number of hydrogen-bond donors (Lipinski definition) is 2. The molecule has 0 bridgehead atoms. The van der Waals surface area contributed by atoms with Gasteiger partial charge in [-0.2, -0.15) is 5.26 Å². The van der Waals surface area contributed by atoms with E-state index < -0.39 is 0 Å². The molecule has 1 heterocycles. The molecule has 0 unspecified atom stereocenters. The standard InChI is InChI=1S/C12H11N3O2/c13-5-1-2-11(16)14-9-3-4-10-8(6-9)7-12(17)15-10/h3-4,6H,1-2,7H2,(H,14,16)(H,15,17). The summed E-state index contributed by atoms with van der Waals surface area (Å²) in [5, 5.41) is 13.8. The van der Waals surface area contributed by atoms with Crippen molar-refractivity contribution in [2.75, 3.05) is 10.6 Å². The number of nitrogens with one attached hydrogen (secondary N) is 2. The van der Waals surface area contributed by atoms with Crippen molar-refractivity contribution >= 4 is 23.2 Å². The van der Waals surface area contributed by atoms with Crippen LogP contribution in [0.2, 0.25) is 0 Å². The normalized spacial score (nSPS) is 12.5. The van der Waals surface area contributed by atoms with E-state index in [-0.39, 0.29) is 24.7 Å². The van der Waals surface area contributed by atoms with Crippen molar-refractivity contribution < 1.29 is 9.59 Å². The van der Waals surface area contributed by atoms with Crippen LogP contribution in [0.4, 0.5) is 11.4 Å². The second kappa shape index (κ2) is 4.66. The van der Waals surface area contributed by atoms with Crippen LogP contribution in [-0.2, 0) is 16.0 Å². The predicted octanol–water partition coefficient (Wildman–Crippen LogP) is 1.42. The summed E-state index contributed by atoms with van der Waals surface area (Å²) in [7, 11) is 0. The first-order valence-corrected chi connectivity index (χ1v) is 5.28. The van der Waals surface area contributed by atoms with Gasteiger partial charge in [-0.25, -0.2) is 0 Å². The van der Waals surface area contributed by atoms with E-state index in [0.717, 1.165) is 11.3 Å². The van der Waals surface area contributed by atoms with E-state index in [2.05, 4.69) is 10.6 Å². The Kier molecular flexibility index (Phi) is 3.06. The lowest BCUT2D eigenvalue weighted by Gasteiger charge is -2.05. The maximum absolute atomic E-state index is 11.4. The van der Waals surface area contributed by atoms with Crippen LogP contribution in [-0.4, -0.2) is 11.8 Å². The summed E-state index contributed by atoms with van der Waals surface area (Å²) in [5.74, 6) is -0.225. The molecular formula is C12H11N3O2. The lowest BCUT2D eigenvalue weighted by molar-refractivity contribution is -0.116. The molecule has 1 aliphatic heterocycles.